The molecule has 0 aliphatic rings. The molecule has 2 nitrogen and oxygen atoms in total. The Balaban J connectivity index is 2.06. The average Bonchev–Trinajstić information content (AvgIpc) is 2.78. The summed E-state index contributed by atoms with van der Waals surface area (Å²) in [6, 6.07) is 9.39. The summed E-state index contributed by atoms with van der Waals surface area (Å²) in [5, 5.41) is 0.838. The van der Waals surface area contributed by atoms with E-state index in [1.165, 1.54) is 36.0 Å². The zero-order valence-electron chi connectivity index (χ0n) is 12.1. The van der Waals surface area contributed by atoms with Gasteiger partial charge in [0.25, 0.3) is 0 Å². The van der Waals surface area contributed by atoms with E-state index >= 15 is 0 Å². The fourth-order valence-electron chi connectivity index (χ4n) is 2.51. The first kappa shape index (κ1) is 15.1. The van der Waals surface area contributed by atoms with E-state index in [1.807, 2.05) is 6.92 Å². The number of rotatable bonds is 4. The Morgan fingerprint density at radius 2 is 1.82 bits per heavy atom. The van der Waals surface area contributed by atoms with Crippen LogP contribution in [0.25, 0.3) is 10.9 Å². The first-order chi connectivity index (χ1) is 10.6. The molecule has 1 aromatic heterocycles. The molecular formula is C17H16F2N2S. The SMILES string of the molecule is Cc1[nH]c2ccc(F)cc2c1Sc1ccc(F)cc1CCN. The van der Waals surface area contributed by atoms with Crippen molar-refractivity contribution in [3.05, 3.63) is 59.3 Å². The monoisotopic (exact) mass is 318 g/mol. The first-order valence-electron chi connectivity index (χ1n) is 7.02. The van der Waals surface area contributed by atoms with E-state index in [2.05, 4.69) is 4.98 Å². The normalized spacial score (nSPS) is 11.3. The summed E-state index contributed by atoms with van der Waals surface area (Å²) in [4.78, 5) is 5.15. The summed E-state index contributed by atoms with van der Waals surface area (Å²) in [5.74, 6) is -0.538. The van der Waals surface area contributed by atoms with E-state index in [0.717, 1.165) is 32.0 Å². The maximum Gasteiger partial charge on any atom is 0.123 e. The molecule has 5 heteroatoms. The first-order valence-corrected chi connectivity index (χ1v) is 7.84. The fourth-order valence-corrected chi connectivity index (χ4v) is 3.65. The van der Waals surface area contributed by atoms with Crippen molar-refractivity contribution in [2.45, 2.75) is 23.1 Å². The molecule has 3 N–H and O–H groups in total. The number of halogens is 2. The van der Waals surface area contributed by atoms with Crippen LogP contribution in [0.4, 0.5) is 8.78 Å². The van der Waals surface area contributed by atoms with Gasteiger partial charge in [0.1, 0.15) is 11.6 Å². The van der Waals surface area contributed by atoms with Crippen molar-refractivity contribution in [3.8, 4) is 0 Å². The molecule has 0 spiro atoms. The van der Waals surface area contributed by atoms with Crippen LogP contribution in [0.5, 0.6) is 0 Å². The third-order valence-corrected chi connectivity index (χ3v) is 4.89. The maximum absolute atomic E-state index is 13.5. The smallest absolute Gasteiger partial charge is 0.123 e. The number of nitrogens with one attached hydrogen (secondary N) is 1. The van der Waals surface area contributed by atoms with E-state index in [-0.39, 0.29) is 11.6 Å². The van der Waals surface area contributed by atoms with Crippen LogP contribution < -0.4 is 5.73 Å². The largest absolute Gasteiger partial charge is 0.358 e. The molecule has 0 aliphatic heterocycles. The van der Waals surface area contributed by atoms with Crippen LogP contribution in [0.3, 0.4) is 0 Å². The second kappa shape index (κ2) is 6.10. The van der Waals surface area contributed by atoms with Crippen molar-refractivity contribution in [1.82, 2.24) is 4.98 Å². The molecule has 0 saturated heterocycles. The van der Waals surface area contributed by atoms with Gasteiger partial charge in [0.2, 0.25) is 0 Å². The molecule has 0 atom stereocenters. The highest BCUT2D eigenvalue weighted by Crippen LogP contribution is 2.38. The van der Waals surface area contributed by atoms with E-state index in [4.69, 9.17) is 5.73 Å². The quantitative estimate of drug-likeness (QED) is 0.748. The molecule has 1 heterocycles. The maximum atomic E-state index is 13.5. The Kier molecular flexibility index (Phi) is 4.18. The zero-order valence-corrected chi connectivity index (χ0v) is 12.9. The van der Waals surface area contributed by atoms with Gasteiger partial charge in [-0.3, -0.25) is 0 Å². The molecule has 114 valence electrons. The predicted octanol–water partition coefficient (Wildman–Crippen LogP) is 4.41. The van der Waals surface area contributed by atoms with Crippen LogP contribution in [0.1, 0.15) is 11.3 Å². The van der Waals surface area contributed by atoms with E-state index in [1.54, 1.807) is 12.1 Å². The van der Waals surface area contributed by atoms with Crippen molar-refractivity contribution in [2.75, 3.05) is 6.54 Å². The van der Waals surface area contributed by atoms with Gasteiger partial charge in [0, 0.05) is 26.4 Å². The molecule has 3 aromatic rings. The van der Waals surface area contributed by atoms with Gasteiger partial charge < -0.3 is 10.7 Å². The van der Waals surface area contributed by atoms with Gasteiger partial charge in [0.05, 0.1) is 0 Å². The summed E-state index contributed by atoms with van der Waals surface area (Å²) in [7, 11) is 0. The van der Waals surface area contributed by atoms with Crippen LogP contribution in [0.15, 0.2) is 46.2 Å². The lowest BCUT2D eigenvalue weighted by Crippen LogP contribution is -2.04. The molecule has 0 saturated carbocycles. The lowest BCUT2D eigenvalue weighted by atomic mass is 10.1. The van der Waals surface area contributed by atoms with Crippen molar-refractivity contribution in [3.63, 3.8) is 0 Å². The number of aryl methyl sites for hydroxylation is 1. The molecule has 0 aliphatic carbocycles. The molecule has 3 rings (SSSR count). The summed E-state index contributed by atoms with van der Waals surface area (Å²) >= 11 is 1.51. The molecular weight excluding hydrogens is 302 g/mol. The number of benzene rings is 2. The van der Waals surface area contributed by atoms with Crippen LogP contribution in [0, 0.1) is 18.6 Å². The molecule has 22 heavy (non-hydrogen) atoms. The average molecular weight is 318 g/mol. The van der Waals surface area contributed by atoms with E-state index in [9.17, 15) is 8.78 Å². The fraction of sp³-hybridized carbons (Fsp3) is 0.176. The van der Waals surface area contributed by atoms with Crippen LogP contribution >= 0.6 is 11.8 Å². The molecule has 0 bridgehead atoms. The Bertz CT molecular complexity index is 827. The number of nitrogens with two attached hydrogens (primary N) is 1. The van der Waals surface area contributed by atoms with E-state index in [0.29, 0.717) is 13.0 Å². The minimum Gasteiger partial charge on any atom is -0.358 e. The molecule has 2 aromatic carbocycles. The van der Waals surface area contributed by atoms with Gasteiger partial charge in [-0.1, -0.05) is 11.8 Å². The Morgan fingerprint density at radius 3 is 2.59 bits per heavy atom. The highest BCUT2D eigenvalue weighted by molar-refractivity contribution is 7.99. The zero-order chi connectivity index (χ0) is 15.7. The van der Waals surface area contributed by atoms with Gasteiger partial charge in [-0.25, -0.2) is 8.78 Å². The number of aromatic amines is 1. The van der Waals surface area contributed by atoms with Gasteiger partial charge >= 0.3 is 0 Å². The standard InChI is InChI=1S/C17H16F2N2S/c1-10-17(14-9-13(19)2-4-15(14)21-10)22-16-5-3-12(18)8-11(16)6-7-20/h2-5,8-9,21H,6-7,20H2,1H3. The van der Waals surface area contributed by atoms with Crippen LogP contribution in [-0.4, -0.2) is 11.5 Å². The van der Waals surface area contributed by atoms with Gasteiger partial charge in [-0.2, -0.15) is 0 Å². The van der Waals surface area contributed by atoms with E-state index < -0.39 is 0 Å². The van der Waals surface area contributed by atoms with Crippen molar-refractivity contribution in [1.29, 1.82) is 0 Å². The summed E-state index contributed by atoms with van der Waals surface area (Å²) in [6.07, 6.45) is 0.607. The van der Waals surface area contributed by atoms with Gasteiger partial charge in [-0.15, -0.1) is 0 Å². The number of aromatic nitrogens is 1. The second-order valence-corrected chi connectivity index (χ2v) is 6.21. The number of fused-ring (bicyclic) bond motifs is 1. The molecule has 0 radical (unpaired) electrons. The Labute approximate surface area is 131 Å². The van der Waals surface area contributed by atoms with Gasteiger partial charge in [0.15, 0.2) is 0 Å². The highest BCUT2D eigenvalue weighted by Gasteiger charge is 2.13. The van der Waals surface area contributed by atoms with Crippen molar-refractivity contribution in [2.24, 2.45) is 5.73 Å². The van der Waals surface area contributed by atoms with Gasteiger partial charge in [-0.05, 0) is 61.9 Å². The number of hydrogen-bond donors (Lipinski definition) is 2. The van der Waals surface area contributed by atoms with Crippen molar-refractivity contribution >= 4 is 22.7 Å². The number of H-pyrrole nitrogens is 1. The summed E-state index contributed by atoms with van der Waals surface area (Å²) < 4.78 is 27.0. The van der Waals surface area contributed by atoms with Crippen molar-refractivity contribution < 1.29 is 8.78 Å². The lowest BCUT2D eigenvalue weighted by Gasteiger charge is -2.09. The number of hydrogen-bond acceptors (Lipinski definition) is 2. The highest BCUT2D eigenvalue weighted by atomic mass is 32.2. The minimum absolute atomic E-state index is 0.269. The summed E-state index contributed by atoms with van der Waals surface area (Å²) in [5.41, 5.74) is 8.34. The molecule has 0 unspecified atom stereocenters. The van der Waals surface area contributed by atoms with Crippen LogP contribution in [-0.2, 0) is 6.42 Å². The molecule has 0 amide bonds. The Hall–Kier alpha value is -1.85. The third-order valence-electron chi connectivity index (χ3n) is 3.54. The lowest BCUT2D eigenvalue weighted by molar-refractivity contribution is 0.623. The Morgan fingerprint density at radius 1 is 1.09 bits per heavy atom. The second-order valence-electron chi connectivity index (χ2n) is 5.16. The molecule has 0 fully saturated rings. The summed E-state index contributed by atoms with van der Waals surface area (Å²) in [6.45, 7) is 2.41. The topological polar surface area (TPSA) is 41.8 Å². The predicted molar refractivity (Wildman–Crippen MR) is 86.3 cm³/mol. The van der Waals surface area contributed by atoms with Crippen LogP contribution in [0.2, 0.25) is 0 Å². The minimum atomic E-state index is -0.269. The third kappa shape index (κ3) is 2.87.